The highest BCUT2D eigenvalue weighted by atomic mass is 79.9. The number of methoxy groups -OCH3 is 1. The van der Waals surface area contributed by atoms with E-state index in [0.717, 1.165) is 5.56 Å². The Morgan fingerprint density at radius 3 is 2.67 bits per heavy atom. The van der Waals surface area contributed by atoms with Crippen molar-refractivity contribution in [2.45, 2.75) is 22.7 Å². The number of amides is 1. The largest absolute Gasteiger partial charge is 0.453 e. The molecule has 2 rings (SSSR count). The summed E-state index contributed by atoms with van der Waals surface area (Å²) in [5.74, 6) is 0. The van der Waals surface area contributed by atoms with Gasteiger partial charge in [0.15, 0.2) is 0 Å². The average molecular weight is 377 g/mol. The lowest BCUT2D eigenvalue weighted by atomic mass is 10.2. The summed E-state index contributed by atoms with van der Waals surface area (Å²) in [6.07, 6.45) is 0.0364. The van der Waals surface area contributed by atoms with Crippen LogP contribution in [0.15, 0.2) is 29.2 Å². The highest BCUT2D eigenvalue weighted by Gasteiger charge is 2.33. The Morgan fingerprint density at radius 2 is 2.10 bits per heavy atom. The molecule has 8 heteroatoms. The van der Waals surface area contributed by atoms with E-state index in [4.69, 9.17) is 0 Å². The highest BCUT2D eigenvalue weighted by molar-refractivity contribution is 9.08. The van der Waals surface area contributed by atoms with Crippen molar-refractivity contribution in [1.82, 2.24) is 9.62 Å². The standard InChI is InChI=1S/C13H17BrN2O4S/c1-20-13(17)15-11-6-7-16(9-11)21(18,19)12-4-2-10(8-14)3-5-12/h2-5,11H,6-9H2,1H3,(H,15,17). The first kappa shape index (κ1) is 16.3. The first-order chi connectivity index (χ1) is 9.97. The van der Waals surface area contributed by atoms with Crippen molar-refractivity contribution in [3.05, 3.63) is 29.8 Å². The molecule has 0 aromatic heterocycles. The van der Waals surface area contributed by atoms with Gasteiger partial charge < -0.3 is 10.1 Å². The number of alkyl carbamates (subject to hydrolysis) is 1. The van der Waals surface area contributed by atoms with E-state index in [1.54, 1.807) is 24.3 Å². The topological polar surface area (TPSA) is 75.7 Å². The van der Waals surface area contributed by atoms with Crippen LogP contribution < -0.4 is 5.32 Å². The first-order valence-corrected chi connectivity index (χ1v) is 9.03. The molecule has 0 radical (unpaired) electrons. The molecule has 1 amide bonds. The maximum Gasteiger partial charge on any atom is 0.407 e. The number of ether oxygens (including phenoxy) is 1. The van der Waals surface area contributed by atoms with E-state index in [2.05, 4.69) is 26.0 Å². The normalized spacial score (nSPS) is 19.4. The number of alkyl halides is 1. The third-order valence-electron chi connectivity index (χ3n) is 3.37. The second kappa shape index (κ2) is 6.76. The maximum absolute atomic E-state index is 12.5. The Morgan fingerprint density at radius 1 is 1.43 bits per heavy atom. The monoisotopic (exact) mass is 376 g/mol. The number of nitrogens with zero attached hydrogens (tertiary/aromatic N) is 1. The number of carbonyl (C=O) groups excluding carboxylic acids is 1. The Bertz CT molecular complexity index is 603. The van der Waals surface area contributed by atoms with Gasteiger partial charge in [-0.25, -0.2) is 13.2 Å². The van der Waals surface area contributed by atoms with Gasteiger partial charge in [0.25, 0.3) is 0 Å². The minimum atomic E-state index is -3.51. The molecule has 1 fully saturated rings. The molecule has 0 aliphatic carbocycles. The van der Waals surface area contributed by atoms with Crippen LogP contribution in [0.2, 0.25) is 0 Å². The van der Waals surface area contributed by atoms with Crippen molar-refractivity contribution in [3.63, 3.8) is 0 Å². The molecule has 1 aliphatic rings. The molecule has 1 N–H and O–H groups in total. The van der Waals surface area contributed by atoms with Crippen molar-refractivity contribution in [1.29, 1.82) is 0 Å². The Kier molecular flexibility index (Phi) is 5.23. The fourth-order valence-corrected chi connectivity index (χ4v) is 4.06. The molecule has 21 heavy (non-hydrogen) atoms. The Hall–Kier alpha value is -1.12. The average Bonchev–Trinajstić information content (AvgIpc) is 2.96. The summed E-state index contributed by atoms with van der Waals surface area (Å²) in [6.45, 7) is 0.648. The molecule has 1 atom stereocenters. The number of hydrogen-bond acceptors (Lipinski definition) is 4. The van der Waals surface area contributed by atoms with Crippen LogP contribution in [0.25, 0.3) is 0 Å². The predicted octanol–water partition coefficient (Wildman–Crippen LogP) is 1.70. The predicted molar refractivity (Wildman–Crippen MR) is 81.8 cm³/mol. The van der Waals surface area contributed by atoms with E-state index in [9.17, 15) is 13.2 Å². The second-order valence-electron chi connectivity index (χ2n) is 4.76. The third kappa shape index (κ3) is 3.75. The van der Waals surface area contributed by atoms with Crippen LogP contribution in [0, 0.1) is 0 Å². The van der Waals surface area contributed by atoms with Crippen LogP contribution in [0.4, 0.5) is 4.79 Å². The molecule has 1 heterocycles. The summed E-state index contributed by atoms with van der Waals surface area (Å²) < 4.78 is 30.9. The second-order valence-corrected chi connectivity index (χ2v) is 7.26. The van der Waals surface area contributed by atoms with E-state index in [1.165, 1.54) is 11.4 Å². The van der Waals surface area contributed by atoms with E-state index in [-0.39, 0.29) is 17.5 Å². The van der Waals surface area contributed by atoms with E-state index in [1.807, 2.05) is 0 Å². The minimum absolute atomic E-state index is 0.214. The zero-order valence-corrected chi connectivity index (χ0v) is 14.0. The van der Waals surface area contributed by atoms with Crippen LogP contribution in [-0.2, 0) is 20.1 Å². The van der Waals surface area contributed by atoms with Crippen LogP contribution >= 0.6 is 15.9 Å². The van der Waals surface area contributed by atoms with Gasteiger partial charge in [-0.3, -0.25) is 0 Å². The van der Waals surface area contributed by atoms with Gasteiger partial charge in [-0.2, -0.15) is 4.31 Å². The minimum Gasteiger partial charge on any atom is -0.453 e. The van der Waals surface area contributed by atoms with E-state index >= 15 is 0 Å². The lowest BCUT2D eigenvalue weighted by molar-refractivity contribution is 0.167. The number of benzene rings is 1. The van der Waals surface area contributed by atoms with Crippen molar-refractivity contribution in [2.75, 3.05) is 20.2 Å². The molecule has 1 aromatic carbocycles. The number of halogens is 1. The maximum atomic E-state index is 12.5. The molecule has 1 aliphatic heterocycles. The van der Waals surface area contributed by atoms with Gasteiger partial charge in [0.1, 0.15) is 0 Å². The fraction of sp³-hybridized carbons (Fsp3) is 0.462. The quantitative estimate of drug-likeness (QED) is 0.811. The van der Waals surface area contributed by atoms with E-state index in [0.29, 0.717) is 18.3 Å². The van der Waals surface area contributed by atoms with Gasteiger partial charge in [0.05, 0.1) is 12.0 Å². The van der Waals surface area contributed by atoms with Gasteiger partial charge in [0.2, 0.25) is 10.0 Å². The number of hydrogen-bond donors (Lipinski definition) is 1. The van der Waals surface area contributed by atoms with Crippen LogP contribution in [0.3, 0.4) is 0 Å². The van der Waals surface area contributed by atoms with Crippen LogP contribution in [-0.4, -0.2) is 45.1 Å². The number of carbonyl (C=O) groups is 1. The lowest BCUT2D eigenvalue weighted by Gasteiger charge is -2.17. The smallest absolute Gasteiger partial charge is 0.407 e. The summed E-state index contributed by atoms with van der Waals surface area (Å²) >= 11 is 3.32. The molecule has 1 unspecified atom stereocenters. The number of rotatable bonds is 4. The summed E-state index contributed by atoms with van der Waals surface area (Å²) in [5, 5.41) is 3.31. The molecule has 1 saturated heterocycles. The van der Waals surface area contributed by atoms with Crippen molar-refractivity contribution in [3.8, 4) is 0 Å². The van der Waals surface area contributed by atoms with Gasteiger partial charge in [-0.05, 0) is 24.1 Å². The summed E-state index contributed by atoms with van der Waals surface area (Å²) in [7, 11) is -2.23. The van der Waals surface area contributed by atoms with Crippen LogP contribution in [0.1, 0.15) is 12.0 Å². The van der Waals surface area contributed by atoms with Crippen molar-refractivity contribution in [2.24, 2.45) is 0 Å². The first-order valence-electron chi connectivity index (χ1n) is 6.47. The third-order valence-corrected chi connectivity index (χ3v) is 5.90. The molecule has 6 nitrogen and oxygen atoms in total. The zero-order valence-electron chi connectivity index (χ0n) is 11.6. The molecule has 1 aromatic rings. The van der Waals surface area contributed by atoms with Gasteiger partial charge in [0, 0.05) is 24.5 Å². The molecule has 0 saturated carbocycles. The number of sulfonamides is 1. The van der Waals surface area contributed by atoms with Gasteiger partial charge in [-0.1, -0.05) is 28.1 Å². The molecule has 116 valence electrons. The van der Waals surface area contributed by atoms with Gasteiger partial charge in [-0.15, -0.1) is 0 Å². The fourth-order valence-electron chi connectivity index (χ4n) is 2.19. The van der Waals surface area contributed by atoms with Crippen molar-refractivity contribution >= 4 is 32.0 Å². The summed E-state index contributed by atoms with van der Waals surface area (Å²) in [4.78, 5) is 11.4. The Labute approximate surface area is 132 Å². The molecule has 0 spiro atoms. The van der Waals surface area contributed by atoms with Crippen LogP contribution in [0.5, 0.6) is 0 Å². The highest BCUT2D eigenvalue weighted by Crippen LogP contribution is 2.22. The SMILES string of the molecule is COC(=O)NC1CCN(S(=O)(=O)c2ccc(CBr)cc2)C1. The van der Waals surface area contributed by atoms with E-state index < -0.39 is 16.1 Å². The molecule has 0 bridgehead atoms. The number of nitrogens with one attached hydrogen (secondary N) is 1. The zero-order chi connectivity index (χ0) is 15.5. The Balaban J connectivity index is 2.08. The molecular weight excluding hydrogens is 360 g/mol. The summed E-state index contributed by atoms with van der Waals surface area (Å²) in [6, 6.07) is 6.55. The molecular formula is C13H17BrN2O4S. The van der Waals surface area contributed by atoms with Gasteiger partial charge >= 0.3 is 6.09 Å². The van der Waals surface area contributed by atoms with Crippen molar-refractivity contribution < 1.29 is 17.9 Å². The summed E-state index contributed by atoms with van der Waals surface area (Å²) in [5.41, 5.74) is 1.01. The lowest BCUT2D eigenvalue weighted by Crippen LogP contribution is -2.38.